The molecule has 0 aromatic carbocycles. The van der Waals surface area contributed by atoms with E-state index in [9.17, 15) is 18.0 Å². The molecule has 0 radical (unpaired) electrons. The monoisotopic (exact) mass is 528 g/mol. The number of amides is 1. The molecule has 1 aliphatic heterocycles. The molecule has 0 spiro atoms. The number of halogens is 3. The summed E-state index contributed by atoms with van der Waals surface area (Å²) in [6.07, 6.45) is 1.58. The minimum atomic E-state index is -4.47. The number of nitrogens with one attached hydrogen (secondary N) is 2. The number of hydrogen-bond donors (Lipinski definition) is 5. The maximum atomic E-state index is 12.6. The number of carbonyl (C=O) groups excluding carboxylic acids is 1. The van der Waals surface area contributed by atoms with Crippen LogP contribution in [-0.4, -0.2) is 47.1 Å². The van der Waals surface area contributed by atoms with Gasteiger partial charge >= 0.3 is 6.18 Å². The number of hydrogen-bond acceptors (Lipinski definition) is 10. The third-order valence-corrected chi connectivity index (χ3v) is 5.69. The highest BCUT2D eigenvalue weighted by Gasteiger charge is 2.42. The molecular weight excluding hydrogens is 509 g/mol. The van der Waals surface area contributed by atoms with Crippen LogP contribution in [0.25, 0.3) is 0 Å². The van der Waals surface area contributed by atoms with Crippen LogP contribution >= 0.6 is 37.9 Å². The van der Waals surface area contributed by atoms with Crippen LogP contribution in [0.5, 0.6) is 0 Å². The molecule has 0 saturated carbocycles. The average Bonchev–Trinajstić information content (AvgIpc) is 3.18. The Morgan fingerprint density at radius 3 is 2.53 bits per heavy atom. The molecular formula is C19H19F3N8OS3. The van der Waals surface area contributed by atoms with Gasteiger partial charge in [-0.15, -0.1) is 37.9 Å². The van der Waals surface area contributed by atoms with Gasteiger partial charge in [-0.1, -0.05) is 6.07 Å². The Bertz CT molecular complexity index is 1200. The Morgan fingerprint density at radius 1 is 1.12 bits per heavy atom. The van der Waals surface area contributed by atoms with Crippen LogP contribution in [0.1, 0.15) is 16.8 Å². The number of aromatic nitrogens is 5. The second-order valence-corrected chi connectivity index (χ2v) is 10.7. The zero-order chi connectivity index (χ0) is 24.7. The zero-order valence-electron chi connectivity index (χ0n) is 17.5. The number of nitrogens with zero attached hydrogens (tertiary/aromatic N) is 6. The van der Waals surface area contributed by atoms with Crippen LogP contribution in [-0.2, 0) is 24.1 Å². The van der Waals surface area contributed by atoms with Crippen molar-refractivity contribution in [1.29, 1.82) is 0 Å². The SMILES string of the molecule is CN1c2nc(NCc3cnn(Cc4ccc(C(F)(F)F)nc4)c3)ncc2NC(=O)C1C(S)(S)S. The van der Waals surface area contributed by atoms with E-state index in [2.05, 4.69) is 68.6 Å². The summed E-state index contributed by atoms with van der Waals surface area (Å²) in [5, 5.41) is 10.0. The summed E-state index contributed by atoms with van der Waals surface area (Å²) < 4.78 is 38.3. The predicted molar refractivity (Wildman–Crippen MR) is 130 cm³/mol. The number of thiol groups is 3. The van der Waals surface area contributed by atoms with E-state index in [-0.39, 0.29) is 12.5 Å². The minimum absolute atomic E-state index is 0.269. The van der Waals surface area contributed by atoms with Crippen LogP contribution in [0.4, 0.5) is 30.6 Å². The zero-order valence-corrected chi connectivity index (χ0v) is 20.2. The summed E-state index contributed by atoms with van der Waals surface area (Å²) in [4.78, 5) is 26.1. The first-order valence-corrected chi connectivity index (χ1v) is 11.1. The third kappa shape index (κ3) is 5.36. The van der Waals surface area contributed by atoms with Crippen molar-refractivity contribution in [1.82, 2.24) is 24.7 Å². The van der Waals surface area contributed by atoms with Gasteiger partial charge in [-0.05, 0) is 11.6 Å². The van der Waals surface area contributed by atoms with Crippen LogP contribution in [0.2, 0.25) is 0 Å². The molecule has 0 saturated heterocycles. The maximum Gasteiger partial charge on any atom is 0.433 e. The van der Waals surface area contributed by atoms with E-state index in [0.717, 1.165) is 11.6 Å². The second-order valence-electron chi connectivity index (χ2n) is 7.57. The fourth-order valence-electron chi connectivity index (χ4n) is 3.39. The topological polar surface area (TPSA) is 101 Å². The molecule has 9 nitrogen and oxygen atoms in total. The number of anilines is 3. The van der Waals surface area contributed by atoms with Crippen LogP contribution < -0.4 is 15.5 Å². The molecule has 34 heavy (non-hydrogen) atoms. The lowest BCUT2D eigenvalue weighted by atomic mass is 10.2. The number of likely N-dealkylation sites (N-methyl/N-ethyl adjacent to an activating group) is 1. The van der Waals surface area contributed by atoms with E-state index >= 15 is 0 Å². The Hall–Kier alpha value is -2.65. The third-order valence-electron chi connectivity index (χ3n) is 4.96. The van der Waals surface area contributed by atoms with E-state index in [1.54, 1.807) is 29.0 Å². The van der Waals surface area contributed by atoms with Gasteiger partial charge in [-0.25, -0.2) is 4.98 Å². The fourth-order valence-corrected chi connectivity index (χ4v) is 4.26. The number of rotatable bonds is 6. The molecule has 1 aliphatic rings. The largest absolute Gasteiger partial charge is 0.433 e. The molecule has 0 fully saturated rings. The van der Waals surface area contributed by atoms with E-state index in [1.807, 2.05) is 0 Å². The molecule has 3 aromatic heterocycles. The van der Waals surface area contributed by atoms with Gasteiger partial charge in [0.1, 0.15) is 20.8 Å². The van der Waals surface area contributed by atoms with Gasteiger partial charge in [-0.2, -0.15) is 23.3 Å². The van der Waals surface area contributed by atoms with Crippen LogP contribution in [0.15, 0.2) is 36.9 Å². The highest BCUT2D eigenvalue weighted by Crippen LogP contribution is 2.39. The summed E-state index contributed by atoms with van der Waals surface area (Å²) in [5.41, 5.74) is 0.904. The highest BCUT2D eigenvalue weighted by atomic mass is 32.2. The smallest absolute Gasteiger partial charge is 0.350 e. The lowest BCUT2D eigenvalue weighted by molar-refractivity contribution is -0.141. The van der Waals surface area contributed by atoms with E-state index < -0.39 is 21.3 Å². The molecule has 0 bridgehead atoms. The van der Waals surface area contributed by atoms with Crippen LogP contribution in [0.3, 0.4) is 0 Å². The molecule has 15 heteroatoms. The van der Waals surface area contributed by atoms with Crippen LogP contribution in [0, 0.1) is 0 Å². The Labute approximate surface area is 208 Å². The van der Waals surface area contributed by atoms with Gasteiger partial charge in [-0.3, -0.25) is 14.5 Å². The van der Waals surface area contributed by atoms with Gasteiger partial charge in [0, 0.05) is 31.5 Å². The number of pyridine rings is 1. The fraction of sp³-hybridized carbons (Fsp3) is 0.316. The lowest BCUT2D eigenvalue weighted by Gasteiger charge is -2.39. The highest BCUT2D eigenvalue weighted by molar-refractivity contribution is 8.17. The van der Waals surface area contributed by atoms with Crippen molar-refractivity contribution in [3.8, 4) is 0 Å². The minimum Gasteiger partial charge on any atom is -0.350 e. The predicted octanol–water partition coefficient (Wildman–Crippen LogP) is 2.95. The maximum absolute atomic E-state index is 12.6. The molecule has 4 rings (SSSR count). The van der Waals surface area contributed by atoms with Gasteiger partial charge in [0.25, 0.3) is 0 Å². The van der Waals surface area contributed by atoms with Crippen molar-refractivity contribution in [2.75, 3.05) is 22.6 Å². The van der Waals surface area contributed by atoms with E-state index in [0.29, 0.717) is 29.6 Å². The van der Waals surface area contributed by atoms with Gasteiger partial charge in [0.15, 0.2) is 5.82 Å². The summed E-state index contributed by atoms with van der Waals surface area (Å²) in [6, 6.07) is 1.53. The van der Waals surface area contributed by atoms with Crippen molar-refractivity contribution < 1.29 is 18.0 Å². The van der Waals surface area contributed by atoms with Gasteiger partial charge < -0.3 is 15.5 Å². The van der Waals surface area contributed by atoms with Crippen molar-refractivity contribution in [2.45, 2.75) is 28.7 Å². The number of alkyl halides is 3. The first-order chi connectivity index (χ1) is 15.9. The quantitative estimate of drug-likeness (QED) is 0.248. The van der Waals surface area contributed by atoms with Crippen molar-refractivity contribution in [3.05, 3.63) is 53.7 Å². The molecule has 1 amide bonds. The van der Waals surface area contributed by atoms with E-state index in [4.69, 9.17) is 0 Å². The molecule has 1 atom stereocenters. The lowest BCUT2D eigenvalue weighted by Crippen LogP contribution is -2.53. The first kappa shape index (κ1) is 24.5. The Kier molecular flexibility index (Phi) is 6.61. The molecule has 3 aromatic rings. The second kappa shape index (κ2) is 9.19. The normalized spacial score (nSPS) is 16.3. The Balaban J connectivity index is 1.41. The molecule has 0 aliphatic carbocycles. The van der Waals surface area contributed by atoms with Gasteiger partial charge in [0.2, 0.25) is 11.9 Å². The number of carbonyl (C=O) groups is 1. The summed E-state index contributed by atoms with van der Waals surface area (Å²) in [7, 11) is 1.69. The molecule has 1 unspecified atom stereocenters. The molecule has 180 valence electrons. The number of fused-ring (bicyclic) bond motifs is 1. The standard InChI is InChI=1S/C19H19F3N8OS3/c1-29-14(19(32,33)34)16(31)27-12-7-25-17(28-15(12)29)24-5-11-6-26-30(9-11)8-10-2-3-13(23-4-10)18(20,21)22/h2-4,6-7,9,14,32-34H,5,8H2,1H3,(H,27,31)(H,24,25,28). The van der Waals surface area contributed by atoms with Crippen molar-refractivity contribution in [2.24, 2.45) is 0 Å². The van der Waals surface area contributed by atoms with Crippen molar-refractivity contribution >= 4 is 61.2 Å². The Morgan fingerprint density at radius 2 is 1.88 bits per heavy atom. The van der Waals surface area contributed by atoms with Crippen molar-refractivity contribution in [3.63, 3.8) is 0 Å². The van der Waals surface area contributed by atoms with E-state index in [1.165, 1.54) is 18.5 Å². The van der Waals surface area contributed by atoms with Gasteiger partial charge in [0.05, 0.1) is 18.9 Å². The average molecular weight is 529 g/mol. The first-order valence-electron chi connectivity index (χ1n) is 9.77. The summed E-state index contributed by atoms with van der Waals surface area (Å²) >= 11 is 12.8. The molecule has 2 N–H and O–H groups in total. The molecule has 4 heterocycles. The summed E-state index contributed by atoms with van der Waals surface area (Å²) in [6.45, 7) is 0.616. The summed E-state index contributed by atoms with van der Waals surface area (Å²) in [5.74, 6) is 0.479.